The minimum atomic E-state index is -0.945. The van der Waals surface area contributed by atoms with Gasteiger partial charge in [0.1, 0.15) is 10.4 Å². The van der Waals surface area contributed by atoms with Gasteiger partial charge in [-0.25, -0.2) is 4.98 Å². The molecule has 0 saturated heterocycles. The molecule has 0 fully saturated rings. The number of aromatic nitrogens is 1. The Morgan fingerprint density at radius 2 is 1.89 bits per heavy atom. The molecular weight excluding hydrogens is 246 g/mol. The van der Waals surface area contributed by atoms with Gasteiger partial charge in [0.2, 0.25) is 0 Å². The van der Waals surface area contributed by atoms with E-state index in [1.807, 2.05) is 36.6 Å². The fourth-order valence-corrected chi connectivity index (χ4v) is 2.49. The highest BCUT2D eigenvalue weighted by Gasteiger charge is 2.32. The number of nitrogens with zero attached hydrogens (tertiary/aromatic N) is 1. The van der Waals surface area contributed by atoms with Crippen LogP contribution in [0.3, 0.4) is 0 Å². The average molecular weight is 261 g/mol. The van der Waals surface area contributed by atoms with Crippen LogP contribution in [0.4, 0.5) is 0 Å². The molecule has 18 heavy (non-hydrogen) atoms. The number of rotatable bonds is 3. The normalized spacial score (nSPS) is 11.5. The van der Waals surface area contributed by atoms with Gasteiger partial charge in [-0.2, -0.15) is 0 Å². The summed E-state index contributed by atoms with van der Waals surface area (Å²) in [6, 6.07) is 8.06. The van der Waals surface area contributed by atoms with Gasteiger partial charge < -0.3 is 5.11 Å². The first kappa shape index (κ1) is 12.8. The summed E-state index contributed by atoms with van der Waals surface area (Å²) in [6.45, 7) is 5.37. The first-order chi connectivity index (χ1) is 8.41. The van der Waals surface area contributed by atoms with Gasteiger partial charge in [-0.3, -0.25) is 4.79 Å². The Bertz CT molecular complexity index is 570. The summed E-state index contributed by atoms with van der Waals surface area (Å²) in [7, 11) is 0. The molecule has 2 aromatic rings. The van der Waals surface area contributed by atoms with Gasteiger partial charge >= 0.3 is 5.97 Å². The van der Waals surface area contributed by atoms with E-state index in [0.717, 1.165) is 10.6 Å². The second-order valence-corrected chi connectivity index (χ2v) is 5.69. The number of carboxylic acids is 1. The number of carboxylic acid groups (broad SMARTS) is 1. The van der Waals surface area contributed by atoms with E-state index < -0.39 is 11.4 Å². The van der Waals surface area contributed by atoms with Crippen molar-refractivity contribution in [3.8, 4) is 10.6 Å². The zero-order valence-corrected chi connectivity index (χ0v) is 11.4. The molecule has 0 radical (unpaired) electrons. The maximum Gasteiger partial charge on any atom is 0.315 e. The largest absolute Gasteiger partial charge is 0.481 e. The highest BCUT2D eigenvalue weighted by Crippen LogP contribution is 2.30. The fourth-order valence-electron chi connectivity index (χ4n) is 1.50. The van der Waals surface area contributed by atoms with E-state index in [1.165, 1.54) is 16.9 Å². The van der Waals surface area contributed by atoms with Crippen LogP contribution in [0.2, 0.25) is 0 Å². The number of aliphatic carboxylic acids is 1. The predicted octanol–water partition coefficient (Wildman–Crippen LogP) is 3.48. The molecule has 94 valence electrons. The molecular formula is C14H15NO2S. The summed E-state index contributed by atoms with van der Waals surface area (Å²) in [5.74, 6) is -0.858. The lowest BCUT2D eigenvalue weighted by Crippen LogP contribution is -2.28. The zero-order valence-electron chi connectivity index (χ0n) is 10.6. The summed E-state index contributed by atoms with van der Waals surface area (Å²) in [5, 5.41) is 11.9. The molecule has 1 aromatic carbocycles. The number of thiazole rings is 1. The maximum atomic E-state index is 11.2. The molecule has 0 bridgehead atoms. The number of benzene rings is 1. The number of aryl methyl sites for hydroxylation is 1. The predicted molar refractivity (Wildman–Crippen MR) is 72.9 cm³/mol. The van der Waals surface area contributed by atoms with Crippen molar-refractivity contribution in [2.45, 2.75) is 26.2 Å². The third kappa shape index (κ3) is 2.29. The van der Waals surface area contributed by atoms with Crippen LogP contribution in [-0.4, -0.2) is 16.1 Å². The first-order valence-corrected chi connectivity index (χ1v) is 6.55. The monoisotopic (exact) mass is 261 g/mol. The van der Waals surface area contributed by atoms with Crippen LogP contribution in [0.5, 0.6) is 0 Å². The highest BCUT2D eigenvalue weighted by atomic mass is 32.1. The van der Waals surface area contributed by atoms with E-state index >= 15 is 0 Å². The SMILES string of the molecule is Cc1ccc(-c2nc(C(C)(C)C(=O)O)cs2)cc1. The van der Waals surface area contributed by atoms with Crippen molar-refractivity contribution >= 4 is 17.3 Å². The van der Waals surface area contributed by atoms with Crippen LogP contribution in [0.25, 0.3) is 10.6 Å². The van der Waals surface area contributed by atoms with Crippen molar-refractivity contribution in [3.05, 3.63) is 40.9 Å². The van der Waals surface area contributed by atoms with Crippen molar-refractivity contribution in [3.63, 3.8) is 0 Å². The second-order valence-electron chi connectivity index (χ2n) is 4.83. The molecule has 4 heteroatoms. The van der Waals surface area contributed by atoms with Crippen LogP contribution in [0.1, 0.15) is 25.1 Å². The van der Waals surface area contributed by atoms with Crippen molar-refractivity contribution in [1.29, 1.82) is 0 Å². The van der Waals surface area contributed by atoms with Gasteiger partial charge in [0.05, 0.1) is 5.69 Å². The summed E-state index contributed by atoms with van der Waals surface area (Å²) in [6.07, 6.45) is 0. The molecule has 1 N–H and O–H groups in total. The number of carbonyl (C=O) groups is 1. The van der Waals surface area contributed by atoms with Gasteiger partial charge in [0, 0.05) is 10.9 Å². The van der Waals surface area contributed by atoms with Crippen LogP contribution in [-0.2, 0) is 10.2 Å². The molecule has 0 aliphatic heterocycles. The van der Waals surface area contributed by atoms with Crippen LogP contribution in [0, 0.1) is 6.92 Å². The Kier molecular flexibility index (Phi) is 3.22. The van der Waals surface area contributed by atoms with Gasteiger partial charge in [-0.1, -0.05) is 29.8 Å². The molecule has 0 spiro atoms. The van der Waals surface area contributed by atoms with Gasteiger partial charge in [-0.15, -0.1) is 11.3 Å². The number of hydrogen-bond acceptors (Lipinski definition) is 3. The number of hydrogen-bond donors (Lipinski definition) is 1. The van der Waals surface area contributed by atoms with E-state index in [4.69, 9.17) is 0 Å². The standard InChI is InChI=1S/C14H15NO2S/c1-9-4-6-10(7-5-9)12-15-11(8-18-12)14(2,3)13(16)17/h4-8H,1-3H3,(H,16,17). The molecule has 0 atom stereocenters. The second kappa shape index (κ2) is 4.53. The zero-order chi connectivity index (χ0) is 13.3. The van der Waals surface area contributed by atoms with E-state index in [1.54, 1.807) is 13.8 Å². The maximum absolute atomic E-state index is 11.2. The lowest BCUT2D eigenvalue weighted by molar-refractivity contribution is -0.142. The van der Waals surface area contributed by atoms with Crippen LogP contribution < -0.4 is 0 Å². The van der Waals surface area contributed by atoms with Crippen molar-refractivity contribution in [1.82, 2.24) is 4.98 Å². The van der Waals surface area contributed by atoms with Gasteiger partial charge in [-0.05, 0) is 20.8 Å². The van der Waals surface area contributed by atoms with Crippen LogP contribution in [0.15, 0.2) is 29.6 Å². The highest BCUT2D eigenvalue weighted by molar-refractivity contribution is 7.13. The minimum absolute atomic E-state index is 0.607. The summed E-state index contributed by atoms with van der Waals surface area (Å²) in [4.78, 5) is 15.6. The third-order valence-corrected chi connectivity index (χ3v) is 3.87. The molecule has 1 aromatic heterocycles. The molecule has 0 saturated carbocycles. The Morgan fingerprint density at radius 1 is 1.28 bits per heavy atom. The Morgan fingerprint density at radius 3 is 2.44 bits per heavy atom. The lowest BCUT2D eigenvalue weighted by Gasteiger charge is -2.15. The van der Waals surface area contributed by atoms with Gasteiger partial charge in [0.25, 0.3) is 0 Å². The van der Waals surface area contributed by atoms with Gasteiger partial charge in [0.15, 0.2) is 0 Å². The summed E-state index contributed by atoms with van der Waals surface area (Å²) >= 11 is 1.48. The first-order valence-electron chi connectivity index (χ1n) is 5.67. The van der Waals surface area contributed by atoms with Crippen molar-refractivity contribution < 1.29 is 9.90 Å². The molecule has 0 aliphatic rings. The molecule has 2 rings (SSSR count). The average Bonchev–Trinajstić information content (AvgIpc) is 2.79. The van der Waals surface area contributed by atoms with E-state index in [9.17, 15) is 9.90 Å². The van der Waals surface area contributed by atoms with Crippen LogP contribution >= 0.6 is 11.3 Å². The molecule has 0 aliphatic carbocycles. The minimum Gasteiger partial charge on any atom is -0.481 e. The smallest absolute Gasteiger partial charge is 0.315 e. The van der Waals surface area contributed by atoms with E-state index in [-0.39, 0.29) is 0 Å². The quantitative estimate of drug-likeness (QED) is 0.920. The summed E-state index contributed by atoms with van der Waals surface area (Å²) < 4.78 is 0. The Balaban J connectivity index is 2.37. The summed E-state index contributed by atoms with van der Waals surface area (Å²) in [5.41, 5.74) is 1.88. The van der Waals surface area contributed by atoms with E-state index in [2.05, 4.69) is 4.98 Å². The third-order valence-electron chi connectivity index (χ3n) is 2.98. The molecule has 0 amide bonds. The van der Waals surface area contributed by atoms with Crippen molar-refractivity contribution in [2.24, 2.45) is 0 Å². The molecule has 0 unspecified atom stereocenters. The Labute approximate surface area is 110 Å². The van der Waals surface area contributed by atoms with E-state index in [0.29, 0.717) is 5.69 Å². The fraction of sp³-hybridized carbons (Fsp3) is 0.286. The molecule has 3 nitrogen and oxygen atoms in total. The Hall–Kier alpha value is -1.68. The molecule has 1 heterocycles. The van der Waals surface area contributed by atoms with Crippen molar-refractivity contribution in [2.75, 3.05) is 0 Å². The topological polar surface area (TPSA) is 50.2 Å². The lowest BCUT2D eigenvalue weighted by atomic mass is 9.90.